The summed E-state index contributed by atoms with van der Waals surface area (Å²) in [5.41, 5.74) is 4.33. The lowest BCUT2D eigenvalue weighted by Crippen LogP contribution is -2.35. The number of rotatable bonds is 10. The number of carbonyl (C=O) groups excluding carboxylic acids is 3. The van der Waals surface area contributed by atoms with E-state index in [-0.39, 0.29) is 24.3 Å². The van der Waals surface area contributed by atoms with E-state index in [1.54, 1.807) is 12.1 Å². The average molecular weight is 689 g/mol. The molecule has 0 aliphatic heterocycles. The number of nitrogens with one attached hydrogen (secondary N) is 3. The summed E-state index contributed by atoms with van der Waals surface area (Å²) in [5.74, 6) is 0. The highest BCUT2D eigenvalue weighted by molar-refractivity contribution is 5.70. The van der Waals surface area contributed by atoms with Gasteiger partial charge in [-0.2, -0.15) is 5.26 Å². The fourth-order valence-electron chi connectivity index (χ4n) is 5.42. The van der Waals surface area contributed by atoms with Crippen molar-refractivity contribution in [1.82, 2.24) is 16.0 Å². The first kappa shape index (κ1) is 36.5. The Bertz CT molecular complexity index is 1810. The van der Waals surface area contributed by atoms with Gasteiger partial charge in [-0.25, -0.2) is 14.4 Å². The van der Waals surface area contributed by atoms with Crippen molar-refractivity contribution in [3.05, 3.63) is 143 Å². The van der Waals surface area contributed by atoms with Gasteiger partial charge in [0.2, 0.25) is 0 Å². The first-order valence-electron chi connectivity index (χ1n) is 17.0. The van der Waals surface area contributed by atoms with Crippen molar-refractivity contribution in [3.63, 3.8) is 0 Å². The number of nitrogens with zero attached hydrogens (tertiary/aromatic N) is 1. The normalized spacial score (nSPS) is 14.6. The predicted molar refractivity (Wildman–Crippen MR) is 192 cm³/mol. The summed E-state index contributed by atoms with van der Waals surface area (Å²) in [6.07, 6.45) is 2.26. The summed E-state index contributed by atoms with van der Waals surface area (Å²) in [6, 6.07) is 36.5. The number of hydrogen-bond donors (Lipinski definition) is 3. The SMILES string of the molecule is CC(C)(C)OC(=O)NCc1ccc(C2(NC(=O)OCc3ccccc3)CC2)cc1.N#Cc1ccc(C2(NC(=O)OCc3ccccc3)CC2)cc1. The molecule has 10 nitrogen and oxygen atoms in total. The van der Waals surface area contributed by atoms with Crippen LogP contribution in [-0.2, 0) is 45.0 Å². The van der Waals surface area contributed by atoms with Crippen molar-refractivity contribution in [1.29, 1.82) is 5.26 Å². The predicted octanol–water partition coefficient (Wildman–Crippen LogP) is 8.10. The second kappa shape index (κ2) is 16.3. The highest BCUT2D eigenvalue weighted by Gasteiger charge is 2.47. The summed E-state index contributed by atoms with van der Waals surface area (Å²) in [7, 11) is 0. The van der Waals surface area contributed by atoms with Crippen LogP contribution in [0.25, 0.3) is 0 Å². The number of amides is 3. The lowest BCUT2D eigenvalue weighted by atomic mass is 10.0. The molecule has 51 heavy (non-hydrogen) atoms. The maximum Gasteiger partial charge on any atom is 0.408 e. The lowest BCUT2D eigenvalue weighted by Gasteiger charge is -2.20. The van der Waals surface area contributed by atoms with E-state index in [4.69, 9.17) is 19.5 Å². The largest absolute Gasteiger partial charge is 0.445 e. The standard InChI is InChI=1S/C23H28N2O4.C18H16N2O2/c1-22(2,3)29-20(26)24-15-17-9-11-19(12-10-17)23(13-14-23)25-21(27)28-16-18-7-5-4-6-8-18;19-12-14-6-8-16(9-7-14)18(10-11-18)20-17(21)22-13-15-4-2-1-3-5-15/h4-12H,13-16H2,1-3H3,(H,24,26)(H,25,27);1-9H,10-11,13H2,(H,20,21). The Labute approximate surface area is 299 Å². The smallest absolute Gasteiger partial charge is 0.408 e. The van der Waals surface area contributed by atoms with Crippen LogP contribution < -0.4 is 16.0 Å². The van der Waals surface area contributed by atoms with Gasteiger partial charge in [-0.05, 0) is 86.4 Å². The molecule has 4 aromatic rings. The minimum absolute atomic E-state index is 0.248. The Morgan fingerprint density at radius 1 is 0.627 bits per heavy atom. The highest BCUT2D eigenvalue weighted by Crippen LogP contribution is 2.46. The number of nitriles is 1. The van der Waals surface area contributed by atoms with Crippen LogP contribution in [0.3, 0.4) is 0 Å². The van der Waals surface area contributed by atoms with Gasteiger partial charge in [0, 0.05) is 6.54 Å². The molecule has 3 amide bonds. The van der Waals surface area contributed by atoms with Gasteiger partial charge in [-0.3, -0.25) is 0 Å². The van der Waals surface area contributed by atoms with Crippen LogP contribution in [0.2, 0.25) is 0 Å². The zero-order valence-electron chi connectivity index (χ0n) is 29.2. The minimum atomic E-state index is -0.521. The van der Waals surface area contributed by atoms with Gasteiger partial charge in [-0.15, -0.1) is 0 Å². The lowest BCUT2D eigenvalue weighted by molar-refractivity contribution is 0.0523. The molecular weight excluding hydrogens is 644 g/mol. The maximum atomic E-state index is 12.2. The molecule has 2 aliphatic carbocycles. The molecule has 0 spiro atoms. The molecule has 4 aromatic carbocycles. The van der Waals surface area contributed by atoms with Crippen LogP contribution >= 0.6 is 0 Å². The van der Waals surface area contributed by atoms with E-state index in [9.17, 15) is 14.4 Å². The molecule has 0 unspecified atom stereocenters. The third-order valence-corrected chi connectivity index (χ3v) is 8.52. The zero-order valence-corrected chi connectivity index (χ0v) is 29.2. The van der Waals surface area contributed by atoms with Crippen molar-refractivity contribution in [2.75, 3.05) is 0 Å². The Morgan fingerprint density at radius 2 is 1.06 bits per heavy atom. The third kappa shape index (κ3) is 11.1. The molecule has 264 valence electrons. The van der Waals surface area contributed by atoms with Crippen LogP contribution in [0.15, 0.2) is 109 Å². The second-order valence-electron chi connectivity index (χ2n) is 13.8. The van der Waals surface area contributed by atoms with Gasteiger partial charge in [0.1, 0.15) is 18.8 Å². The monoisotopic (exact) mass is 688 g/mol. The molecule has 0 heterocycles. The number of benzene rings is 4. The van der Waals surface area contributed by atoms with Crippen LogP contribution in [0.5, 0.6) is 0 Å². The summed E-state index contributed by atoms with van der Waals surface area (Å²) in [4.78, 5) is 36.0. The molecule has 0 bridgehead atoms. The molecule has 0 atom stereocenters. The van der Waals surface area contributed by atoms with Crippen LogP contribution in [0, 0.1) is 11.3 Å². The average Bonchev–Trinajstić information content (AvgIpc) is 4.08. The zero-order chi connectivity index (χ0) is 36.3. The van der Waals surface area contributed by atoms with Crippen LogP contribution in [-0.4, -0.2) is 23.9 Å². The van der Waals surface area contributed by atoms with Crippen molar-refractivity contribution in [3.8, 4) is 6.07 Å². The Hall–Kier alpha value is -5.82. The fraction of sp³-hybridized carbons (Fsp3) is 0.317. The third-order valence-electron chi connectivity index (χ3n) is 8.52. The van der Waals surface area contributed by atoms with Gasteiger partial charge in [0.25, 0.3) is 0 Å². The Morgan fingerprint density at radius 3 is 1.45 bits per heavy atom. The first-order valence-corrected chi connectivity index (χ1v) is 17.0. The Kier molecular flexibility index (Phi) is 11.6. The van der Waals surface area contributed by atoms with Crippen molar-refractivity contribution in [2.24, 2.45) is 0 Å². The van der Waals surface area contributed by atoms with E-state index in [1.807, 2.05) is 118 Å². The van der Waals surface area contributed by atoms with Crippen molar-refractivity contribution < 1.29 is 28.6 Å². The van der Waals surface area contributed by atoms with Crippen LogP contribution in [0.1, 0.15) is 79.8 Å². The van der Waals surface area contributed by atoms with E-state index in [2.05, 4.69) is 22.0 Å². The fourth-order valence-corrected chi connectivity index (χ4v) is 5.42. The van der Waals surface area contributed by atoms with Gasteiger partial charge in [0.05, 0.1) is 22.7 Å². The highest BCUT2D eigenvalue weighted by atomic mass is 16.6. The maximum absolute atomic E-state index is 12.2. The summed E-state index contributed by atoms with van der Waals surface area (Å²) in [6.45, 7) is 6.37. The summed E-state index contributed by atoms with van der Waals surface area (Å²) in [5, 5.41) is 17.5. The molecule has 6 rings (SSSR count). The molecule has 10 heteroatoms. The molecule has 0 saturated heterocycles. The molecule has 2 fully saturated rings. The minimum Gasteiger partial charge on any atom is -0.445 e. The van der Waals surface area contributed by atoms with Gasteiger partial charge in [0.15, 0.2) is 0 Å². The second-order valence-corrected chi connectivity index (χ2v) is 13.8. The van der Waals surface area contributed by atoms with Gasteiger partial charge < -0.3 is 30.2 Å². The van der Waals surface area contributed by atoms with E-state index in [1.165, 1.54) is 0 Å². The van der Waals surface area contributed by atoms with Gasteiger partial charge >= 0.3 is 18.3 Å². The van der Waals surface area contributed by atoms with Crippen molar-refractivity contribution >= 4 is 18.3 Å². The van der Waals surface area contributed by atoms with E-state index >= 15 is 0 Å². The number of carbonyl (C=O) groups is 3. The number of hydrogen-bond acceptors (Lipinski definition) is 7. The molecule has 2 aliphatic rings. The Balaban J connectivity index is 0.000000205. The first-order chi connectivity index (χ1) is 24.5. The number of ether oxygens (including phenoxy) is 3. The van der Waals surface area contributed by atoms with Crippen LogP contribution in [0.4, 0.5) is 14.4 Å². The molecule has 0 aromatic heterocycles. The van der Waals surface area contributed by atoms with E-state index < -0.39 is 23.9 Å². The van der Waals surface area contributed by atoms with E-state index in [0.29, 0.717) is 12.1 Å². The van der Waals surface area contributed by atoms with E-state index in [0.717, 1.165) is 53.5 Å². The molecule has 0 radical (unpaired) electrons. The molecule has 3 N–H and O–H groups in total. The van der Waals surface area contributed by atoms with Gasteiger partial charge in [-0.1, -0.05) is 97.1 Å². The molecule has 2 saturated carbocycles. The summed E-state index contributed by atoms with van der Waals surface area (Å²) >= 11 is 0. The summed E-state index contributed by atoms with van der Waals surface area (Å²) < 4.78 is 15.8. The van der Waals surface area contributed by atoms with Crippen molar-refractivity contribution in [2.45, 2.75) is 82.9 Å². The molecular formula is C41H44N4O6. The topological polar surface area (TPSA) is 139 Å². The number of alkyl carbamates (subject to hydrolysis) is 3. The quantitative estimate of drug-likeness (QED) is 0.143.